The van der Waals surface area contributed by atoms with Gasteiger partial charge in [0.2, 0.25) is 5.88 Å². The number of nitrogens with zero attached hydrogens (tertiary/aromatic N) is 2. The number of rotatable bonds is 11. The van der Waals surface area contributed by atoms with E-state index in [1.807, 2.05) is 62.6 Å². The third-order valence-electron chi connectivity index (χ3n) is 6.99. The van der Waals surface area contributed by atoms with Crippen LogP contribution in [0.15, 0.2) is 85.4 Å². The summed E-state index contributed by atoms with van der Waals surface area (Å²) >= 11 is 0. The summed E-state index contributed by atoms with van der Waals surface area (Å²) in [4.78, 5) is 6.91. The Hall–Kier alpha value is -3.54. The monoisotopic (exact) mass is 498 g/mol. The quantitative estimate of drug-likeness (QED) is 0.257. The first-order valence-corrected chi connectivity index (χ1v) is 12.6. The number of benzene rings is 3. The van der Waals surface area contributed by atoms with Crippen molar-refractivity contribution in [1.82, 2.24) is 9.88 Å². The number of ether oxygens (including phenoxy) is 1. The molecule has 3 aromatic carbocycles. The molecule has 4 nitrogen and oxygen atoms in total. The van der Waals surface area contributed by atoms with Crippen LogP contribution >= 0.6 is 0 Å². The molecule has 2 unspecified atom stereocenters. The predicted molar refractivity (Wildman–Crippen MR) is 150 cm³/mol. The first-order valence-electron chi connectivity index (χ1n) is 12.6. The Balaban J connectivity index is 1.87. The highest BCUT2D eigenvalue weighted by molar-refractivity contribution is 5.83. The van der Waals surface area contributed by atoms with Crippen LogP contribution in [-0.4, -0.2) is 48.3 Å². The van der Waals surface area contributed by atoms with Crippen molar-refractivity contribution in [3.05, 3.63) is 114 Å². The molecular weight excluding hydrogens is 463 g/mol. The van der Waals surface area contributed by atoms with E-state index in [1.165, 1.54) is 12.1 Å². The van der Waals surface area contributed by atoms with Gasteiger partial charge in [-0.1, -0.05) is 61.2 Å². The molecule has 0 saturated carbocycles. The zero-order valence-electron chi connectivity index (χ0n) is 21.8. The second kappa shape index (κ2) is 11.7. The van der Waals surface area contributed by atoms with Gasteiger partial charge in [-0.3, -0.25) is 0 Å². The van der Waals surface area contributed by atoms with Crippen LogP contribution in [0.3, 0.4) is 0 Å². The predicted octanol–water partition coefficient (Wildman–Crippen LogP) is 6.47. The summed E-state index contributed by atoms with van der Waals surface area (Å²) in [5.74, 6) is -0.161. The highest BCUT2D eigenvalue weighted by Gasteiger charge is 2.40. The van der Waals surface area contributed by atoms with E-state index in [1.54, 1.807) is 19.2 Å². The molecule has 0 fully saturated rings. The maximum absolute atomic E-state index is 13.5. The van der Waals surface area contributed by atoms with Crippen molar-refractivity contribution < 1.29 is 14.2 Å². The van der Waals surface area contributed by atoms with Gasteiger partial charge >= 0.3 is 0 Å². The number of aryl methyl sites for hydroxylation is 1. The fourth-order valence-electron chi connectivity index (χ4n) is 4.96. The van der Waals surface area contributed by atoms with Gasteiger partial charge in [0, 0.05) is 23.4 Å². The fraction of sp³-hybridized carbons (Fsp3) is 0.281. The van der Waals surface area contributed by atoms with Crippen LogP contribution in [0.2, 0.25) is 0 Å². The number of halogens is 1. The minimum Gasteiger partial charge on any atom is -0.481 e. The Kier molecular flexibility index (Phi) is 8.37. The smallest absolute Gasteiger partial charge is 0.217 e. The van der Waals surface area contributed by atoms with E-state index in [2.05, 4.69) is 23.6 Å². The number of pyridine rings is 1. The summed E-state index contributed by atoms with van der Waals surface area (Å²) in [6.45, 7) is 4.60. The highest BCUT2D eigenvalue weighted by atomic mass is 19.1. The second-order valence-corrected chi connectivity index (χ2v) is 9.87. The number of aromatic nitrogens is 1. The Labute approximate surface area is 219 Å². The summed E-state index contributed by atoms with van der Waals surface area (Å²) in [7, 11) is 5.63. The molecule has 5 heteroatoms. The Morgan fingerprint density at radius 2 is 1.76 bits per heavy atom. The zero-order valence-corrected chi connectivity index (χ0v) is 21.8. The fourth-order valence-corrected chi connectivity index (χ4v) is 4.96. The van der Waals surface area contributed by atoms with Crippen molar-refractivity contribution in [1.29, 1.82) is 0 Å². The molecule has 4 aromatic rings. The van der Waals surface area contributed by atoms with Gasteiger partial charge < -0.3 is 14.7 Å². The molecule has 0 spiro atoms. The van der Waals surface area contributed by atoms with Crippen LogP contribution in [0.25, 0.3) is 17.0 Å². The van der Waals surface area contributed by atoms with Crippen molar-refractivity contribution >= 4 is 17.0 Å². The van der Waals surface area contributed by atoms with E-state index in [0.29, 0.717) is 31.7 Å². The van der Waals surface area contributed by atoms with Crippen molar-refractivity contribution in [3.63, 3.8) is 0 Å². The minimum atomic E-state index is -1.13. The molecule has 0 saturated heterocycles. The standard InChI is InChI=1S/C32H35FN2O2/c1-5-23-13-16-29-26(21-23)22-28(31(34-29)37-4)30(25-9-7-6-8-10-25)32(36,19-20-35(2)3)18-17-24-11-14-27(33)15-12-24/h5-16,21-22,30,36H,1,17-20H2,2-4H3. The van der Waals surface area contributed by atoms with E-state index in [4.69, 9.17) is 9.72 Å². The lowest BCUT2D eigenvalue weighted by Crippen LogP contribution is -2.40. The number of hydrogen-bond donors (Lipinski definition) is 1. The van der Waals surface area contributed by atoms with Crippen molar-refractivity contribution in [2.75, 3.05) is 27.7 Å². The lowest BCUT2D eigenvalue weighted by atomic mass is 9.72. The zero-order chi connectivity index (χ0) is 26.4. The van der Waals surface area contributed by atoms with Gasteiger partial charge in [-0.05, 0) is 80.4 Å². The van der Waals surface area contributed by atoms with E-state index in [-0.39, 0.29) is 5.82 Å². The third-order valence-corrected chi connectivity index (χ3v) is 6.99. The lowest BCUT2D eigenvalue weighted by molar-refractivity contribution is 0.000776. The molecule has 0 radical (unpaired) electrons. The van der Waals surface area contributed by atoms with Gasteiger partial charge in [-0.15, -0.1) is 0 Å². The maximum Gasteiger partial charge on any atom is 0.217 e. The van der Waals surface area contributed by atoms with Crippen LogP contribution in [-0.2, 0) is 6.42 Å². The van der Waals surface area contributed by atoms with Crippen LogP contribution in [0.5, 0.6) is 5.88 Å². The van der Waals surface area contributed by atoms with Crippen LogP contribution < -0.4 is 4.74 Å². The number of fused-ring (bicyclic) bond motifs is 1. The molecule has 0 aliphatic rings. The van der Waals surface area contributed by atoms with Gasteiger partial charge in [0.15, 0.2) is 0 Å². The molecule has 4 rings (SSSR count). The summed E-state index contributed by atoms with van der Waals surface area (Å²) < 4.78 is 19.3. The van der Waals surface area contributed by atoms with E-state index < -0.39 is 11.5 Å². The molecule has 192 valence electrons. The van der Waals surface area contributed by atoms with Gasteiger partial charge in [0.25, 0.3) is 0 Å². The summed E-state index contributed by atoms with van der Waals surface area (Å²) in [5, 5.41) is 13.5. The summed E-state index contributed by atoms with van der Waals surface area (Å²) in [5.41, 5.74) is 3.50. The van der Waals surface area contributed by atoms with Gasteiger partial charge in [-0.2, -0.15) is 0 Å². The van der Waals surface area contributed by atoms with E-state index in [0.717, 1.165) is 33.2 Å². The Morgan fingerprint density at radius 1 is 1.03 bits per heavy atom. The van der Waals surface area contributed by atoms with E-state index >= 15 is 0 Å². The molecular formula is C32H35FN2O2. The summed E-state index contributed by atoms with van der Waals surface area (Å²) in [6.07, 6.45) is 3.44. The normalized spacial score (nSPS) is 13.9. The van der Waals surface area contributed by atoms with Crippen LogP contribution in [0.1, 0.15) is 41.0 Å². The first kappa shape index (κ1) is 26.5. The summed E-state index contributed by atoms with van der Waals surface area (Å²) in [6, 6.07) is 24.6. The minimum absolute atomic E-state index is 0.264. The highest BCUT2D eigenvalue weighted by Crippen LogP contribution is 2.44. The van der Waals surface area contributed by atoms with Crippen molar-refractivity contribution in [3.8, 4) is 5.88 Å². The molecule has 2 atom stereocenters. The average molecular weight is 499 g/mol. The molecule has 1 heterocycles. The largest absolute Gasteiger partial charge is 0.481 e. The SMILES string of the molecule is C=Cc1ccc2nc(OC)c(C(c3ccccc3)C(O)(CCc3ccc(F)cc3)CCN(C)C)cc2c1. The number of methoxy groups -OCH3 is 1. The van der Waals surface area contributed by atoms with E-state index in [9.17, 15) is 9.50 Å². The molecule has 0 aliphatic carbocycles. The molecule has 1 aromatic heterocycles. The Morgan fingerprint density at radius 3 is 2.41 bits per heavy atom. The number of hydrogen-bond acceptors (Lipinski definition) is 4. The second-order valence-electron chi connectivity index (χ2n) is 9.87. The van der Waals surface area contributed by atoms with Gasteiger partial charge in [0.1, 0.15) is 5.82 Å². The molecule has 1 N–H and O–H groups in total. The molecule has 0 aliphatic heterocycles. The van der Waals surface area contributed by atoms with Crippen LogP contribution in [0, 0.1) is 5.82 Å². The third kappa shape index (κ3) is 6.24. The maximum atomic E-state index is 13.5. The van der Waals surface area contributed by atoms with Crippen molar-refractivity contribution in [2.24, 2.45) is 0 Å². The molecule has 37 heavy (non-hydrogen) atoms. The molecule has 0 bridgehead atoms. The number of aliphatic hydroxyl groups is 1. The average Bonchev–Trinajstić information content (AvgIpc) is 2.91. The van der Waals surface area contributed by atoms with Crippen molar-refractivity contribution in [2.45, 2.75) is 30.8 Å². The Bertz CT molecular complexity index is 1340. The topological polar surface area (TPSA) is 45.6 Å². The molecule has 0 amide bonds. The first-order chi connectivity index (χ1) is 17.8. The van der Waals surface area contributed by atoms with Gasteiger partial charge in [-0.25, -0.2) is 9.37 Å². The lowest BCUT2D eigenvalue weighted by Gasteiger charge is -2.38. The van der Waals surface area contributed by atoms with Crippen LogP contribution in [0.4, 0.5) is 4.39 Å². The van der Waals surface area contributed by atoms with Gasteiger partial charge in [0.05, 0.1) is 18.2 Å².